The second kappa shape index (κ2) is 6.16. The highest BCUT2D eigenvalue weighted by Gasteiger charge is 2.36. The van der Waals surface area contributed by atoms with E-state index < -0.39 is 0 Å². The Kier molecular flexibility index (Phi) is 4.08. The van der Waals surface area contributed by atoms with Crippen LogP contribution in [0, 0.1) is 5.92 Å². The lowest BCUT2D eigenvalue weighted by atomic mass is 10.1. The Labute approximate surface area is 124 Å². The van der Waals surface area contributed by atoms with Gasteiger partial charge in [0.2, 0.25) is 11.8 Å². The smallest absolute Gasteiger partial charge is 0.225 e. The number of ether oxygens (including phenoxy) is 1. The quantitative estimate of drug-likeness (QED) is 0.855. The predicted octanol–water partition coefficient (Wildman–Crippen LogP) is 1.19. The molecule has 0 unspecified atom stereocenters. The molecule has 1 saturated carbocycles. The zero-order valence-electron chi connectivity index (χ0n) is 12.0. The second-order valence-electron chi connectivity index (χ2n) is 5.69. The maximum Gasteiger partial charge on any atom is 0.225 e. The minimum absolute atomic E-state index is 0.0253. The SMILES string of the molecule is O=C(NC1CC1)[C@H]1CC(=O)N(CCOc2ccccc2)C1. The summed E-state index contributed by atoms with van der Waals surface area (Å²) in [6, 6.07) is 9.88. The van der Waals surface area contributed by atoms with Gasteiger partial charge in [-0.15, -0.1) is 0 Å². The van der Waals surface area contributed by atoms with Gasteiger partial charge in [-0.2, -0.15) is 0 Å². The molecule has 1 aliphatic heterocycles. The van der Waals surface area contributed by atoms with Crippen molar-refractivity contribution >= 4 is 11.8 Å². The van der Waals surface area contributed by atoms with Crippen LogP contribution in [-0.4, -0.2) is 42.5 Å². The van der Waals surface area contributed by atoms with Crippen LogP contribution in [-0.2, 0) is 9.59 Å². The summed E-state index contributed by atoms with van der Waals surface area (Å²) >= 11 is 0. The molecular weight excluding hydrogens is 268 g/mol. The first-order chi connectivity index (χ1) is 10.2. The molecule has 1 aliphatic carbocycles. The van der Waals surface area contributed by atoms with E-state index in [2.05, 4.69) is 5.32 Å². The van der Waals surface area contributed by atoms with Crippen LogP contribution in [0.5, 0.6) is 5.75 Å². The van der Waals surface area contributed by atoms with Crippen molar-refractivity contribution in [2.75, 3.05) is 19.7 Å². The third kappa shape index (κ3) is 3.74. The molecule has 5 nitrogen and oxygen atoms in total. The number of carbonyl (C=O) groups is 2. The monoisotopic (exact) mass is 288 g/mol. The molecule has 2 aliphatic rings. The summed E-state index contributed by atoms with van der Waals surface area (Å²) in [5, 5.41) is 2.97. The summed E-state index contributed by atoms with van der Waals surface area (Å²) in [7, 11) is 0. The summed E-state index contributed by atoms with van der Waals surface area (Å²) in [6.45, 7) is 1.49. The van der Waals surface area contributed by atoms with Gasteiger partial charge in [0.25, 0.3) is 0 Å². The molecule has 1 saturated heterocycles. The van der Waals surface area contributed by atoms with Crippen molar-refractivity contribution in [2.45, 2.75) is 25.3 Å². The van der Waals surface area contributed by atoms with E-state index in [4.69, 9.17) is 4.74 Å². The van der Waals surface area contributed by atoms with E-state index in [-0.39, 0.29) is 17.7 Å². The van der Waals surface area contributed by atoms with Gasteiger partial charge in [0.15, 0.2) is 0 Å². The molecule has 21 heavy (non-hydrogen) atoms. The minimum Gasteiger partial charge on any atom is -0.492 e. The lowest BCUT2D eigenvalue weighted by molar-refractivity contribution is -0.129. The van der Waals surface area contributed by atoms with Crippen LogP contribution < -0.4 is 10.1 Å². The number of nitrogens with zero attached hydrogens (tertiary/aromatic N) is 1. The van der Waals surface area contributed by atoms with Gasteiger partial charge in [0, 0.05) is 19.0 Å². The maximum atomic E-state index is 12.0. The van der Waals surface area contributed by atoms with E-state index in [9.17, 15) is 9.59 Å². The van der Waals surface area contributed by atoms with Crippen LogP contribution in [0.3, 0.4) is 0 Å². The highest BCUT2D eigenvalue weighted by molar-refractivity contribution is 5.89. The third-order valence-corrected chi connectivity index (χ3v) is 3.88. The number of hydrogen-bond acceptors (Lipinski definition) is 3. The molecule has 1 atom stereocenters. The fourth-order valence-corrected chi connectivity index (χ4v) is 2.50. The summed E-state index contributed by atoms with van der Waals surface area (Å²) in [5.41, 5.74) is 0. The van der Waals surface area contributed by atoms with Gasteiger partial charge in [-0.1, -0.05) is 18.2 Å². The van der Waals surface area contributed by atoms with Gasteiger partial charge in [-0.25, -0.2) is 0 Å². The Morgan fingerprint density at radius 2 is 2.05 bits per heavy atom. The van der Waals surface area contributed by atoms with Gasteiger partial charge >= 0.3 is 0 Å². The molecule has 0 radical (unpaired) electrons. The molecule has 1 heterocycles. The number of benzene rings is 1. The number of para-hydroxylation sites is 1. The molecule has 1 aromatic rings. The van der Waals surface area contributed by atoms with Gasteiger partial charge < -0.3 is 15.0 Å². The number of hydrogen-bond donors (Lipinski definition) is 1. The number of carbonyl (C=O) groups excluding carboxylic acids is 2. The van der Waals surface area contributed by atoms with Crippen molar-refractivity contribution in [2.24, 2.45) is 5.92 Å². The summed E-state index contributed by atoms with van der Waals surface area (Å²) in [5.74, 6) is 0.668. The normalized spacial score (nSPS) is 21.4. The Hall–Kier alpha value is -2.04. The molecule has 0 spiro atoms. The first kappa shape index (κ1) is 13.9. The molecular formula is C16H20N2O3. The summed E-state index contributed by atoms with van der Waals surface area (Å²) < 4.78 is 5.59. The number of nitrogens with one attached hydrogen (secondary N) is 1. The Bertz CT molecular complexity index is 514. The molecule has 5 heteroatoms. The van der Waals surface area contributed by atoms with Crippen molar-refractivity contribution in [3.63, 3.8) is 0 Å². The van der Waals surface area contributed by atoms with Crippen molar-refractivity contribution in [3.8, 4) is 5.75 Å². The van der Waals surface area contributed by atoms with Crippen molar-refractivity contribution in [3.05, 3.63) is 30.3 Å². The average molecular weight is 288 g/mol. The van der Waals surface area contributed by atoms with Crippen LogP contribution in [0.25, 0.3) is 0 Å². The molecule has 0 aromatic heterocycles. The molecule has 3 rings (SSSR count). The summed E-state index contributed by atoms with van der Waals surface area (Å²) in [4.78, 5) is 25.6. The fourth-order valence-electron chi connectivity index (χ4n) is 2.50. The predicted molar refractivity (Wildman–Crippen MR) is 77.8 cm³/mol. The van der Waals surface area contributed by atoms with Gasteiger partial charge in [-0.3, -0.25) is 9.59 Å². The fraction of sp³-hybridized carbons (Fsp3) is 0.500. The zero-order chi connectivity index (χ0) is 14.7. The van der Waals surface area contributed by atoms with Crippen LogP contribution in [0.15, 0.2) is 30.3 Å². The van der Waals surface area contributed by atoms with E-state index in [1.165, 1.54) is 0 Å². The lowest BCUT2D eigenvalue weighted by Crippen LogP contribution is -2.35. The molecule has 0 bridgehead atoms. The molecule has 2 fully saturated rings. The highest BCUT2D eigenvalue weighted by atomic mass is 16.5. The van der Waals surface area contributed by atoms with Gasteiger partial charge in [0.1, 0.15) is 12.4 Å². The molecule has 2 amide bonds. The zero-order valence-corrected chi connectivity index (χ0v) is 12.0. The lowest BCUT2D eigenvalue weighted by Gasteiger charge is -2.17. The standard InChI is InChI=1S/C16H20N2O3/c19-15-10-12(16(20)17-13-6-7-13)11-18(15)8-9-21-14-4-2-1-3-5-14/h1-5,12-13H,6-11H2,(H,17,20)/t12-/m0/s1. The summed E-state index contributed by atoms with van der Waals surface area (Å²) in [6.07, 6.45) is 2.46. The first-order valence-corrected chi connectivity index (χ1v) is 7.48. The number of amides is 2. The van der Waals surface area contributed by atoms with E-state index >= 15 is 0 Å². The van der Waals surface area contributed by atoms with E-state index in [0.29, 0.717) is 32.2 Å². The Morgan fingerprint density at radius 3 is 2.76 bits per heavy atom. The van der Waals surface area contributed by atoms with Crippen LogP contribution in [0.1, 0.15) is 19.3 Å². The number of likely N-dealkylation sites (tertiary alicyclic amines) is 1. The topological polar surface area (TPSA) is 58.6 Å². The Morgan fingerprint density at radius 1 is 1.29 bits per heavy atom. The molecule has 1 N–H and O–H groups in total. The van der Waals surface area contributed by atoms with E-state index in [1.807, 2.05) is 30.3 Å². The molecule has 1 aromatic carbocycles. The van der Waals surface area contributed by atoms with Crippen molar-refractivity contribution < 1.29 is 14.3 Å². The number of rotatable bonds is 6. The maximum absolute atomic E-state index is 12.0. The highest BCUT2D eigenvalue weighted by Crippen LogP contribution is 2.22. The van der Waals surface area contributed by atoms with Crippen LogP contribution in [0.4, 0.5) is 0 Å². The van der Waals surface area contributed by atoms with E-state index in [0.717, 1.165) is 18.6 Å². The largest absolute Gasteiger partial charge is 0.492 e. The Balaban J connectivity index is 1.43. The van der Waals surface area contributed by atoms with Crippen LogP contribution >= 0.6 is 0 Å². The van der Waals surface area contributed by atoms with Crippen LogP contribution in [0.2, 0.25) is 0 Å². The van der Waals surface area contributed by atoms with Crippen molar-refractivity contribution in [1.82, 2.24) is 10.2 Å². The average Bonchev–Trinajstić information content (AvgIpc) is 3.22. The van der Waals surface area contributed by atoms with Gasteiger partial charge in [0.05, 0.1) is 12.5 Å². The minimum atomic E-state index is -0.199. The van der Waals surface area contributed by atoms with E-state index in [1.54, 1.807) is 4.90 Å². The van der Waals surface area contributed by atoms with Gasteiger partial charge in [-0.05, 0) is 25.0 Å². The molecule has 112 valence electrons. The third-order valence-electron chi connectivity index (χ3n) is 3.88. The first-order valence-electron chi connectivity index (χ1n) is 7.48. The van der Waals surface area contributed by atoms with Crippen molar-refractivity contribution in [1.29, 1.82) is 0 Å². The second-order valence-corrected chi connectivity index (χ2v) is 5.69.